The molecule has 128 valence electrons. The zero-order chi connectivity index (χ0) is 17.1. The quantitative estimate of drug-likeness (QED) is 0.849. The molecular formula is C17H21N3O3S. The predicted molar refractivity (Wildman–Crippen MR) is 92.5 cm³/mol. The number of thioether (sulfide) groups is 1. The van der Waals surface area contributed by atoms with Crippen LogP contribution in [0.2, 0.25) is 0 Å². The van der Waals surface area contributed by atoms with Gasteiger partial charge >= 0.3 is 0 Å². The highest BCUT2D eigenvalue weighted by Gasteiger charge is 2.33. The lowest BCUT2D eigenvalue weighted by atomic mass is 10.1. The van der Waals surface area contributed by atoms with Gasteiger partial charge in [-0.1, -0.05) is 25.0 Å². The monoisotopic (exact) mass is 347 g/mol. The van der Waals surface area contributed by atoms with E-state index in [0.717, 1.165) is 36.3 Å². The number of carbonyl (C=O) groups is 3. The molecule has 2 aliphatic rings. The van der Waals surface area contributed by atoms with E-state index in [2.05, 4.69) is 5.32 Å². The van der Waals surface area contributed by atoms with Crippen molar-refractivity contribution in [1.82, 2.24) is 4.90 Å². The maximum atomic E-state index is 12.7. The third-order valence-electron chi connectivity index (χ3n) is 4.48. The number of para-hydroxylation sites is 1. The Morgan fingerprint density at radius 1 is 1.25 bits per heavy atom. The molecule has 1 saturated carbocycles. The first-order chi connectivity index (χ1) is 11.5. The molecule has 1 aliphatic carbocycles. The highest BCUT2D eigenvalue weighted by molar-refractivity contribution is 8.01. The lowest BCUT2D eigenvalue weighted by Gasteiger charge is -2.30. The van der Waals surface area contributed by atoms with Crippen LogP contribution < -0.4 is 11.1 Å². The smallest absolute Gasteiger partial charge is 0.238 e. The van der Waals surface area contributed by atoms with Crippen LogP contribution in [0.4, 0.5) is 5.69 Å². The van der Waals surface area contributed by atoms with Gasteiger partial charge in [-0.15, -0.1) is 11.8 Å². The summed E-state index contributed by atoms with van der Waals surface area (Å²) in [5, 5.41) is 2.36. The number of rotatable bonds is 5. The topological polar surface area (TPSA) is 92.5 Å². The van der Waals surface area contributed by atoms with E-state index < -0.39 is 11.2 Å². The van der Waals surface area contributed by atoms with E-state index in [4.69, 9.17) is 5.73 Å². The molecule has 1 aromatic rings. The van der Waals surface area contributed by atoms with Gasteiger partial charge in [0, 0.05) is 17.4 Å². The molecule has 3 amide bonds. The van der Waals surface area contributed by atoms with Crippen molar-refractivity contribution in [3.63, 3.8) is 0 Å². The molecule has 6 nitrogen and oxygen atoms in total. The van der Waals surface area contributed by atoms with E-state index in [1.165, 1.54) is 11.8 Å². The predicted octanol–water partition coefficient (Wildman–Crippen LogP) is 1.75. The Morgan fingerprint density at radius 3 is 2.67 bits per heavy atom. The van der Waals surface area contributed by atoms with Crippen molar-refractivity contribution in [3.05, 3.63) is 24.3 Å². The SMILES string of the molecule is NC(=O)CN(C(=O)CC1Sc2ccccc2NC1=O)C1CCCC1. The first kappa shape index (κ1) is 16.8. The van der Waals surface area contributed by atoms with Crippen molar-refractivity contribution in [1.29, 1.82) is 0 Å². The fourth-order valence-electron chi connectivity index (χ4n) is 3.31. The van der Waals surface area contributed by atoms with Crippen LogP contribution in [-0.4, -0.2) is 40.5 Å². The normalized spacial score (nSPS) is 20.3. The zero-order valence-electron chi connectivity index (χ0n) is 13.4. The average Bonchev–Trinajstić information content (AvgIpc) is 3.07. The van der Waals surface area contributed by atoms with Gasteiger partial charge in [0.2, 0.25) is 17.7 Å². The van der Waals surface area contributed by atoms with Crippen LogP contribution in [0.1, 0.15) is 32.1 Å². The van der Waals surface area contributed by atoms with Gasteiger partial charge in [-0.25, -0.2) is 0 Å². The van der Waals surface area contributed by atoms with Gasteiger partial charge in [-0.3, -0.25) is 14.4 Å². The number of fused-ring (bicyclic) bond motifs is 1. The summed E-state index contributed by atoms with van der Waals surface area (Å²) in [4.78, 5) is 38.8. The van der Waals surface area contributed by atoms with Gasteiger partial charge in [0.05, 0.1) is 17.5 Å². The largest absolute Gasteiger partial charge is 0.368 e. The molecule has 1 heterocycles. The van der Waals surface area contributed by atoms with Crippen molar-refractivity contribution in [2.45, 2.75) is 48.3 Å². The summed E-state index contributed by atoms with van der Waals surface area (Å²) in [6, 6.07) is 7.60. The summed E-state index contributed by atoms with van der Waals surface area (Å²) in [6.45, 7) is -0.0703. The molecule has 3 N–H and O–H groups in total. The summed E-state index contributed by atoms with van der Waals surface area (Å²) < 4.78 is 0. The molecule has 1 aromatic carbocycles. The number of amides is 3. The fourth-order valence-corrected chi connectivity index (χ4v) is 4.41. The summed E-state index contributed by atoms with van der Waals surface area (Å²) in [6.07, 6.45) is 3.98. The number of anilines is 1. The molecule has 1 unspecified atom stereocenters. The summed E-state index contributed by atoms with van der Waals surface area (Å²) in [5.41, 5.74) is 6.08. The van der Waals surface area contributed by atoms with E-state index in [1.54, 1.807) is 4.90 Å². The Labute approximate surface area is 145 Å². The molecule has 1 aliphatic heterocycles. The van der Waals surface area contributed by atoms with Gasteiger partial charge < -0.3 is 16.0 Å². The van der Waals surface area contributed by atoms with Crippen LogP contribution in [0, 0.1) is 0 Å². The van der Waals surface area contributed by atoms with E-state index in [-0.39, 0.29) is 30.8 Å². The first-order valence-corrected chi connectivity index (χ1v) is 9.07. The number of nitrogens with zero attached hydrogens (tertiary/aromatic N) is 1. The molecule has 1 fully saturated rings. The number of carbonyl (C=O) groups excluding carboxylic acids is 3. The second-order valence-electron chi connectivity index (χ2n) is 6.22. The maximum Gasteiger partial charge on any atom is 0.238 e. The summed E-state index contributed by atoms with van der Waals surface area (Å²) >= 11 is 1.40. The molecule has 24 heavy (non-hydrogen) atoms. The molecule has 7 heteroatoms. The van der Waals surface area contributed by atoms with Crippen molar-refractivity contribution >= 4 is 35.2 Å². The molecule has 1 atom stereocenters. The molecule has 0 radical (unpaired) electrons. The van der Waals surface area contributed by atoms with Crippen molar-refractivity contribution in [2.24, 2.45) is 5.73 Å². The second kappa shape index (κ2) is 7.25. The molecule has 0 bridgehead atoms. The fraction of sp³-hybridized carbons (Fsp3) is 0.471. The number of primary amides is 1. The van der Waals surface area contributed by atoms with E-state index in [0.29, 0.717) is 0 Å². The highest BCUT2D eigenvalue weighted by atomic mass is 32.2. The molecule has 3 rings (SSSR count). The van der Waals surface area contributed by atoms with Crippen LogP contribution in [0.15, 0.2) is 29.2 Å². The minimum atomic E-state index is -0.513. The Bertz CT molecular complexity index is 658. The third kappa shape index (κ3) is 3.72. The molecule has 0 spiro atoms. The first-order valence-electron chi connectivity index (χ1n) is 8.19. The van der Waals surface area contributed by atoms with Crippen molar-refractivity contribution < 1.29 is 14.4 Å². The maximum absolute atomic E-state index is 12.7. The number of benzene rings is 1. The van der Waals surface area contributed by atoms with Gasteiger partial charge in [-0.2, -0.15) is 0 Å². The summed E-state index contributed by atoms with van der Waals surface area (Å²) in [5.74, 6) is -0.855. The highest BCUT2D eigenvalue weighted by Crippen LogP contribution is 2.37. The van der Waals surface area contributed by atoms with Crippen molar-refractivity contribution in [2.75, 3.05) is 11.9 Å². The minimum Gasteiger partial charge on any atom is -0.368 e. The minimum absolute atomic E-state index is 0.0638. The Balaban J connectivity index is 1.70. The van der Waals surface area contributed by atoms with Crippen LogP contribution >= 0.6 is 11.8 Å². The molecule has 0 aromatic heterocycles. The number of hydrogen-bond donors (Lipinski definition) is 2. The summed E-state index contributed by atoms with van der Waals surface area (Å²) in [7, 11) is 0. The molecular weight excluding hydrogens is 326 g/mol. The van der Waals surface area contributed by atoms with Crippen LogP contribution in [0.25, 0.3) is 0 Å². The van der Waals surface area contributed by atoms with E-state index >= 15 is 0 Å². The van der Waals surface area contributed by atoms with Crippen LogP contribution in [0.3, 0.4) is 0 Å². The van der Waals surface area contributed by atoms with Gasteiger partial charge in [0.1, 0.15) is 0 Å². The van der Waals surface area contributed by atoms with Crippen molar-refractivity contribution in [3.8, 4) is 0 Å². The van der Waals surface area contributed by atoms with Gasteiger partial charge in [0.25, 0.3) is 0 Å². The Hall–Kier alpha value is -2.02. The van der Waals surface area contributed by atoms with E-state index in [9.17, 15) is 14.4 Å². The number of nitrogens with one attached hydrogen (secondary N) is 1. The Kier molecular flexibility index (Phi) is 5.08. The zero-order valence-corrected chi connectivity index (χ0v) is 14.2. The van der Waals surface area contributed by atoms with Crippen LogP contribution in [-0.2, 0) is 14.4 Å². The third-order valence-corrected chi connectivity index (χ3v) is 5.75. The standard InChI is InChI=1S/C17H21N3O3S/c18-15(21)10-20(11-5-1-2-6-11)16(22)9-14-17(23)19-12-7-3-4-8-13(12)24-14/h3-4,7-8,11,14H,1-2,5-6,9-10H2,(H2,18,21)(H,19,23). The van der Waals surface area contributed by atoms with Gasteiger partial charge in [-0.05, 0) is 25.0 Å². The van der Waals surface area contributed by atoms with E-state index in [1.807, 2.05) is 24.3 Å². The van der Waals surface area contributed by atoms with Crippen LogP contribution in [0.5, 0.6) is 0 Å². The lowest BCUT2D eigenvalue weighted by molar-refractivity contribution is -0.138. The second-order valence-corrected chi connectivity index (χ2v) is 7.47. The average molecular weight is 347 g/mol. The lowest BCUT2D eigenvalue weighted by Crippen LogP contribution is -2.46. The Morgan fingerprint density at radius 2 is 1.96 bits per heavy atom. The number of nitrogens with two attached hydrogens (primary N) is 1. The van der Waals surface area contributed by atoms with Gasteiger partial charge in [0.15, 0.2) is 0 Å². The number of hydrogen-bond acceptors (Lipinski definition) is 4. The molecule has 0 saturated heterocycles.